The van der Waals surface area contributed by atoms with Gasteiger partial charge in [0.05, 0.1) is 12.3 Å². The molecule has 1 aliphatic heterocycles. The Kier molecular flexibility index (Phi) is 1.55. The Bertz CT molecular complexity index is 245. The molecule has 5 nitrogen and oxygen atoms in total. The highest BCUT2D eigenvalue weighted by molar-refractivity contribution is 7.90. The van der Waals surface area contributed by atoms with Crippen molar-refractivity contribution >= 4 is 16.1 Å². The standard InChI is InChI=1S/C4H8N2O3S/c1-5-4(7)6-2-3-10(6,8)9/h2-3H2,1H3,(H,5,7). The van der Waals surface area contributed by atoms with Crippen LogP contribution in [0.5, 0.6) is 0 Å². The minimum Gasteiger partial charge on any atom is -0.340 e. The number of urea groups is 1. The van der Waals surface area contributed by atoms with Crippen molar-refractivity contribution in [3.05, 3.63) is 0 Å². The third-order valence-electron chi connectivity index (χ3n) is 1.33. The highest BCUT2D eigenvalue weighted by atomic mass is 32.2. The van der Waals surface area contributed by atoms with E-state index in [9.17, 15) is 13.2 Å². The smallest absolute Gasteiger partial charge is 0.330 e. The molecule has 6 heteroatoms. The number of sulfonamides is 1. The highest BCUT2D eigenvalue weighted by Crippen LogP contribution is 2.11. The number of carbonyl (C=O) groups is 1. The van der Waals surface area contributed by atoms with Gasteiger partial charge in [0.15, 0.2) is 0 Å². The first-order valence-electron chi connectivity index (χ1n) is 2.80. The second kappa shape index (κ2) is 2.12. The van der Waals surface area contributed by atoms with Crippen molar-refractivity contribution in [1.29, 1.82) is 0 Å². The largest absolute Gasteiger partial charge is 0.340 e. The summed E-state index contributed by atoms with van der Waals surface area (Å²) in [4.78, 5) is 10.6. The van der Waals surface area contributed by atoms with E-state index in [1.54, 1.807) is 0 Å². The molecule has 0 aliphatic carbocycles. The molecule has 1 saturated heterocycles. The van der Waals surface area contributed by atoms with E-state index in [0.717, 1.165) is 4.31 Å². The lowest BCUT2D eigenvalue weighted by Crippen LogP contribution is -2.53. The number of hydrogen-bond donors (Lipinski definition) is 1. The van der Waals surface area contributed by atoms with Crippen molar-refractivity contribution in [2.45, 2.75) is 0 Å². The van der Waals surface area contributed by atoms with Crippen molar-refractivity contribution in [2.24, 2.45) is 0 Å². The van der Waals surface area contributed by atoms with Crippen molar-refractivity contribution in [3.63, 3.8) is 0 Å². The number of nitrogens with one attached hydrogen (secondary N) is 1. The predicted octanol–water partition coefficient (Wildman–Crippen LogP) is -1.03. The zero-order valence-corrected chi connectivity index (χ0v) is 6.31. The number of hydrogen-bond acceptors (Lipinski definition) is 3. The van der Waals surface area contributed by atoms with Crippen molar-refractivity contribution in [3.8, 4) is 0 Å². The van der Waals surface area contributed by atoms with Crippen LogP contribution >= 0.6 is 0 Å². The summed E-state index contributed by atoms with van der Waals surface area (Å²) < 4.78 is 22.2. The molecular formula is C4H8N2O3S. The summed E-state index contributed by atoms with van der Waals surface area (Å²) in [5.41, 5.74) is 0. The van der Waals surface area contributed by atoms with Gasteiger partial charge in [-0.3, -0.25) is 0 Å². The molecule has 0 aromatic carbocycles. The molecular weight excluding hydrogens is 156 g/mol. The molecule has 1 heterocycles. The molecule has 10 heavy (non-hydrogen) atoms. The van der Waals surface area contributed by atoms with Crippen LogP contribution in [-0.4, -0.2) is 38.1 Å². The Balaban J connectivity index is 2.69. The Morgan fingerprint density at radius 2 is 2.20 bits per heavy atom. The first-order valence-corrected chi connectivity index (χ1v) is 4.41. The van der Waals surface area contributed by atoms with Crippen LogP contribution in [-0.2, 0) is 10.0 Å². The van der Waals surface area contributed by atoms with Gasteiger partial charge in [0, 0.05) is 7.05 Å². The normalized spacial score (nSPS) is 21.5. The third kappa shape index (κ3) is 0.942. The fourth-order valence-corrected chi connectivity index (χ4v) is 1.69. The van der Waals surface area contributed by atoms with Crippen molar-refractivity contribution in [2.75, 3.05) is 19.3 Å². The molecule has 1 aliphatic rings. The topological polar surface area (TPSA) is 66.5 Å². The number of rotatable bonds is 0. The second-order valence-electron chi connectivity index (χ2n) is 1.94. The molecule has 58 valence electrons. The van der Waals surface area contributed by atoms with E-state index in [4.69, 9.17) is 0 Å². The van der Waals surface area contributed by atoms with Crippen LogP contribution in [0.4, 0.5) is 4.79 Å². The van der Waals surface area contributed by atoms with E-state index in [-0.39, 0.29) is 5.75 Å². The van der Waals surface area contributed by atoms with E-state index in [1.807, 2.05) is 0 Å². The molecule has 0 bridgehead atoms. The van der Waals surface area contributed by atoms with E-state index < -0.39 is 16.1 Å². The summed E-state index contributed by atoms with van der Waals surface area (Å²) >= 11 is 0. The summed E-state index contributed by atoms with van der Waals surface area (Å²) in [6.45, 7) is 0.308. The molecule has 0 saturated carbocycles. The second-order valence-corrected chi connectivity index (χ2v) is 3.96. The fourth-order valence-electron chi connectivity index (χ4n) is 0.684. The SMILES string of the molecule is CNC(=O)N1CCS1(=O)=O. The number of amides is 2. The maximum absolute atomic E-state index is 10.7. The van der Waals surface area contributed by atoms with Crippen molar-refractivity contribution < 1.29 is 13.2 Å². The average molecular weight is 164 g/mol. The van der Waals surface area contributed by atoms with Gasteiger partial charge in [0.2, 0.25) is 10.0 Å². The van der Waals surface area contributed by atoms with Gasteiger partial charge in [-0.15, -0.1) is 0 Å². The number of nitrogens with zero attached hydrogens (tertiary/aromatic N) is 1. The number of carbonyl (C=O) groups excluding carboxylic acids is 1. The Morgan fingerprint density at radius 3 is 2.30 bits per heavy atom. The van der Waals surface area contributed by atoms with Gasteiger partial charge >= 0.3 is 6.03 Å². The maximum Gasteiger partial charge on any atom is 0.330 e. The third-order valence-corrected chi connectivity index (χ3v) is 3.05. The van der Waals surface area contributed by atoms with Crippen molar-refractivity contribution in [1.82, 2.24) is 9.62 Å². The maximum atomic E-state index is 10.7. The van der Waals surface area contributed by atoms with Crippen LogP contribution < -0.4 is 5.32 Å². The molecule has 1 rings (SSSR count). The summed E-state index contributed by atoms with van der Waals surface area (Å²) in [5, 5.41) is 2.23. The zero-order valence-electron chi connectivity index (χ0n) is 5.49. The van der Waals surface area contributed by atoms with Gasteiger partial charge in [-0.2, -0.15) is 0 Å². The highest BCUT2D eigenvalue weighted by Gasteiger charge is 2.35. The minimum atomic E-state index is -3.21. The van der Waals surface area contributed by atoms with Gasteiger partial charge in [-0.25, -0.2) is 17.5 Å². The van der Waals surface area contributed by atoms with E-state index >= 15 is 0 Å². The Labute approximate surface area is 59.1 Å². The van der Waals surface area contributed by atoms with E-state index in [2.05, 4.69) is 5.32 Å². The van der Waals surface area contributed by atoms with E-state index in [0.29, 0.717) is 6.54 Å². The van der Waals surface area contributed by atoms with Crippen LogP contribution in [0.15, 0.2) is 0 Å². The van der Waals surface area contributed by atoms with Crippen LogP contribution in [0.2, 0.25) is 0 Å². The lowest BCUT2D eigenvalue weighted by atomic mass is 10.7. The van der Waals surface area contributed by atoms with Crippen LogP contribution in [0, 0.1) is 0 Å². The summed E-state index contributed by atoms with van der Waals surface area (Å²) in [5.74, 6) is 0.0837. The van der Waals surface area contributed by atoms with Crippen LogP contribution in [0.3, 0.4) is 0 Å². The van der Waals surface area contributed by atoms with Gasteiger partial charge in [0.25, 0.3) is 0 Å². The lowest BCUT2D eigenvalue weighted by Gasteiger charge is -2.29. The molecule has 1 fully saturated rings. The first kappa shape index (κ1) is 7.33. The zero-order chi connectivity index (χ0) is 7.78. The lowest BCUT2D eigenvalue weighted by molar-refractivity contribution is 0.222. The molecule has 0 unspecified atom stereocenters. The first-order chi connectivity index (χ1) is 4.58. The van der Waals surface area contributed by atoms with Gasteiger partial charge in [0.1, 0.15) is 0 Å². The van der Waals surface area contributed by atoms with Gasteiger partial charge < -0.3 is 5.32 Å². The molecule has 0 atom stereocenters. The van der Waals surface area contributed by atoms with E-state index in [1.165, 1.54) is 7.05 Å². The van der Waals surface area contributed by atoms with Crippen LogP contribution in [0.25, 0.3) is 0 Å². The quantitative estimate of drug-likeness (QED) is 0.498. The van der Waals surface area contributed by atoms with Crippen LogP contribution in [0.1, 0.15) is 0 Å². The molecule has 1 N–H and O–H groups in total. The predicted molar refractivity (Wildman–Crippen MR) is 34.9 cm³/mol. The summed E-state index contributed by atoms with van der Waals surface area (Å²) in [7, 11) is -1.81. The Morgan fingerprint density at radius 1 is 1.60 bits per heavy atom. The molecule has 0 aromatic heterocycles. The summed E-state index contributed by atoms with van der Waals surface area (Å²) in [6.07, 6.45) is 0. The fraction of sp³-hybridized carbons (Fsp3) is 0.750. The molecule has 2 amide bonds. The molecule has 0 aromatic rings. The minimum absolute atomic E-state index is 0.0837. The summed E-state index contributed by atoms with van der Waals surface area (Å²) in [6, 6.07) is -0.550. The monoisotopic (exact) mass is 164 g/mol. The van der Waals surface area contributed by atoms with Gasteiger partial charge in [-0.05, 0) is 0 Å². The molecule has 0 spiro atoms. The average Bonchev–Trinajstić information content (AvgIpc) is 1.86. The van der Waals surface area contributed by atoms with Gasteiger partial charge in [-0.1, -0.05) is 0 Å². The molecule has 0 radical (unpaired) electrons. The Hall–Kier alpha value is -0.780.